The van der Waals surface area contributed by atoms with Gasteiger partial charge in [-0.15, -0.1) is 0 Å². The van der Waals surface area contributed by atoms with Crippen LogP contribution in [0.5, 0.6) is 17.2 Å². The summed E-state index contributed by atoms with van der Waals surface area (Å²) in [5.41, 5.74) is 15.8. The van der Waals surface area contributed by atoms with Crippen LogP contribution in [0, 0.1) is 6.92 Å². The maximum Gasteiger partial charge on any atom is 0.222 e. The van der Waals surface area contributed by atoms with Gasteiger partial charge in [-0.1, -0.05) is 13.8 Å². The monoisotopic (exact) mass is 370 g/mol. The van der Waals surface area contributed by atoms with E-state index in [0.717, 1.165) is 22.4 Å². The molecule has 26 heavy (non-hydrogen) atoms. The largest absolute Gasteiger partial charge is 0.496 e. The smallest absolute Gasteiger partial charge is 0.222 e. The minimum atomic E-state index is 0.114. The van der Waals surface area contributed by atoms with Crippen LogP contribution in [0.3, 0.4) is 0 Å². The summed E-state index contributed by atoms with van der Waals surface area (Å²) < 4.78 is 11.7. The number of anilines is 2. The Morgan fingerprint density at radius 2 is 1.81 bits per heavy atom. The normalized spacial score (nSPS) is 11.0. The van der Waals surface area contributed by atoms with E-state index in [-0.39, 0.29) is 17.7 Å². The lowest BCUT2D eigenvalue weighted by Crippen LogP contribution is -2.03. The van der Waals surface area contributed by atoms with E-state index in [4.69, 9.17) is 20.9 Å². The second-order valence-corrected chi connectivity index (χ2v) is 7.04. The second kappa shape index (κ2) is 7.21. The number of hydrogen-bond acceptors (Lipinski definition) is 7. The molecule has 0 spiro atoms. The third-order valence-electron chi connectivity index (χ3n) is 4.12. The fraction of sp³-hybridized carbons (Fsp3) is 0.263. The van der Waals surface area contributed by atoms with E-state index in [1.54, 1.807) is 18.4 Å². The SMILES string of the molecule is COc1cc(C(C)C)c(Oc2cnc(N)nc2N)cc1-c1cscc1C. The molecule has 6 nitrogen and oxygen atoms in total. The molecule has 1 aromatic carbocycles. The Kier molecular flexibility index (Phi) is 4.99. The van der Waals surface area contributed by atoms with Gasteiger partial charge in [-0.2, -0.15) is 16.3 Å². The lowest BCUT2D eigenvalue weighted by atomic mass is 9.96. The van der Waals surface area contributed by atoms with Crippen molar-refractivity contribution in [2.45, 2.75) is 26.7 Å². The van der Waals surface area contributed by atoms with E-state index in [1.807, 2.05) is 12.1 Å². The Labute approximate surface area is 156 Å². The maximum atomic E-state index is 6.08. The molecule has 0 aliphatic carbocycles. The number of benzene rings is 1. The Morgan fingerprint density at radius 1 is 1.04 bits per heavy atom. The summed E-state index contributed by atoms with van der Waals surface area (Å²) in [6.07, 6.45) is 1.49. The average Bonchev–Trinajstić information content (AvgIpc) is 3.02. The summed E-state index contributed by atoms with van der Waals surface area (Å²) in [5.74, 6) is 2.43. The van der Waals surface area contributed by atoms with E-state index in [0.29, 0.717) is 11.5 Å². The van der Waals surface area contributed by atoms with Crippen molar-refractivity contribution in [2.24, 2.45) is 0 Å². The van der Waals surface area contributed by atoms with Crippen LogP contribution in [-0.2, 0) is 0 Å². The Morgan fingerprint density at radius 3 is 2.38 bits per heavy atom. The van der Waals surface area contributed by atoms with Gasteiger partial charge in [-0.3, -0.25) is 0 Å². The van der Waals surface area contributed by atoms with E-state index >= 15 is 0 Å². The number of aryl methyl sites for hydroxylation is 1. The minimum Gasteiger partial charge on any atom is -0.496 e. The predicted molar refractivity (Wildman–Crippen MR) is 106 cm³/mol. The highest BCUT2D eigenvalue weighted by molar-refractivity contribution is 7.08. The van der Waals surface area contributed by atoms with Crippen molar-refractivity contribution in [2.75, 3.05) is 18.6 Å². The van der Waals surface area contributed by atoms with Crippen molar-refractivity contribution in [1.29, 1.82) is 0 Å². The molecule has 0 atom stereocenters. The van der Waals surface area contributed by atoms with Crippen LogP contribution in [0.15, 0.2) is 29.1 Å². The second-order valence-electron chi connectivity index (χ2n) is 6.29. The molecule has 0 fully saturated rings. The number of nitrogen functional groups attached to an aromatic ring is 2. The quantitative estimate of drug-likeness (QED) is 0.681. The van der Waals surface area contributed by atoms with E-state index in [1.165, 1.54) is 11.8 Å². The van der Waals surface area contributed by atoms with Crippen molar-refractivity contribution in [1.82, 2.24) is 9.97 Å². The van der Waals surface area contributed by atoms with Crippen molar-refractivity contribution in [3.05, 3.63) is 40.2 Å². The van der Waals surface area contributed by atoms with Gasteiger partial charge in [0.2, 0.25) is 5.95 Å². The molecule has 7 heteroatoms. The molecule has 0 radical (unpaired) electrons. The topological polar surface area (TPSA) is 96.3 Å². The molecule has 0 aliphatic rings. The lowest BCUT2D eigenvalue weighted by Gasteiger charge is -2.18. The first-order valence-corrected chi connectivity index (χ1v) is 9.16. The zero-order chi connectivity index (χ0) is 18.8. The zero-order valence-corrected chi connectivity index (χ0v) is 16.1. The summed E-state index contributed by atoms with van der Waals surface area (Å²) in [6, 6.07) is 4.00. The van der Waals surface area contributed by atoms with Crippen LogP contribution in [0.4, 0.5) is 11.8 Å². The van der Waals surface area contributed by atoms with Gasteiger partial charge in [-0.25, -0.2) is 4.98 Å². The Balaban J connectivity index is 2.14. The fourth-order valence-corrected chi connectivity index (χ4v) is 3.57. The number of nitrogens with two attached hydrogens (primary N) is 2. The van der Waals surface area contributed by atoms with Crippen molar-refractivity contribution >= 4 is 23.1 Å². The summed E-state index contributed by atoms with van der Waals surface area (Å²) >= 11 is 1.65. The van der Waals surface area contributed by atoms with Crippen LogP contribution in [0.1, 0.15) is 30.9 Å². The summed E-state index contributed by atoms with van der Waals surface area (Å²) in [7, 11) is 1.68. The van der Waals surface area contributed by atoms with Gasteiger partial charge in [0.1, 0.15) is 11.5 Å². The van der Waals surface area contributed by atoms with E-state index < -0.39 is 0 Å². The molecule has 0 bridgehead atoms. The van der Waals surface area contributed by atoms with Crippen molar-refractivity contribution in [3.8, 4) is 28.4 Å². The molecule has 3 aromatic rings. The van der Waals surface area contributed by atoms with Crippen molar-refractivity contribution < 1.29 is 9.47 Å². The zero-order valence-electron chi connectivity index (χ0n) is 15.2. The number of nitrogens with zero attached hydrogens (tertiary/aromatic N) is 2. The van der Waals surface area contributed by atoms with Crippen LogP contribution < -0.4 is 20.9 Å². The third kappa shape index (κ3) is 3.43. The maximum absolute atomic E-state index is 6.08. The summed E-state index contributed by atoms with van der Waals surface area (Å²) in [6.45, 7) is 6.27. The number of thiophene rings is 1. The number of ether oxygens (including phenoxy) is 2. The molecule has 0 aliphatic heterocycles. The first-order chi connectivity index (χ1) is 12.4. The summed E-state index contributed by atoms with van der Waals surface area (Å²) in [5, 5.41) is 4.21. The van der Waals surface area contributed by atoms with Gasteiger partial charge in [0.25, 0.3) is 0 Å². The van der Waals surface area contributed by atoms with Gasteiger partial charge in [-0.05, 0) is 46.9 Å². The first-order valence-electron chi connectivity index (χ1n) is 8.21. The molecule has 3 rings (SSSR count). The number of aromatic nitrogens is 2. The molecular weight excluding hydrogens is 348 g/mol. The molecular formula is C19H22N4O2S. The molecule has 2 heterocycles. The fourth-order valence-electron chi connectivity index (χ4n) is 2.73. The van der Waals surface area contributed by atoms with E-state index in [2.05, 4.69) is 41.5 Å². The summed E-state index contributed by atoms with van der Waals surface area (Å²) in [4.78, 5) is 7.93. The van der Waals surface area contributed by atoms with Crippen LogP contribution in [0.25, 0.3) is 11.1 Å². The molecule has 0 saturated carbocycles. The van der Waals surface area contributed by atoms with Gasteiger partial charge in [0.05, 0.1) is 13.3 Å². The number of methoxy groups -OCH3 is 1. The van der Waals surface area contributed by atoms with Crippen LogP contribution >= 0.6 is 11.3 Å². The molecule has 0 amide bonds. The minimum absolute atomic E-state index is 0.114. The van der Waals surface area contributed by atoms with Crippen LogP contribution in [0.2, 0.25) is 0 Å². The average molecular weight is 370 g/mol. The first kappa shape index (κ1) is 18.0. The molecule has 0 saturated heterocycles. The molecule has 0 unspecified atom stereocenters. The Bertz CT molecular complexity index is 937. The predicted octanol–water partition coefficient (Wildman–Crippen LogP) is 4.60. The van der Waals surface area contributed by atoms with Gasteiger partial charge in [0, 0.05) is 11.1 Å². The lowest BCUT2D eigenvalue weighted by molar-refractivity contribution is 0.412. The van der Waals surface area contributed by atoms with Gasteiger partial charge < -0.3 is 20.9 Å². The highest BCUT2D eigenvalue weighted by atomic mass is 32.1. The standard InChI is InChI=1S/C19H22N4O2S/c1-10(2)12-5-15(24-4)13(14-9-26-8-11(14)3)6-16(12)25-17-7-22-19(21)23-18(17)20/h5-10H,1-4H3,(H4,20,21,22,23). The highest BCUT2D eigenvalue weighted by Gasteiger charge is 2.18. The van der Waals surface area contributed by atoms with Gasteiger partial charge in [0.15, 0.2) is 11.6 Å². The molecule has 4 N–H and O–H groups in total. The molecule has 2 aromatic heterocycles. The molecule has 136 valence electrons. The number of rotatable bonds is 5. The van der Waals surface area contributed by atoms with Crippen molar-refractivity contribution in [3.63, 3.8) is 0 Å². The van der Waals surface area contributed by atoms with E-state index in [9.17, 15) is 0 Å². The Hall–Kier alpha value is -2.80. The third-order valence-corrected chi connectivity index (χ3v) is 4.98. The highest BCUT2D eigenvalue weighted by Crippen LogP contribution is 2.42. The van der Waals surface area contributed by atoms with Gasteiger partial charge >= 0.3 is 0 Å². The van der Waals surface area contributed by atoms with Crippen LogP contribution in [-0.4, -0.2) is 17.1 Å². The number of hydrogen-bond donors (Lipinski definition) is 2.